The van der Waals surface area contributed by atoms with Crippen molar-refractivity contribution < 1.29 is 26.4 Å². The fourth-order valence-electron chi connectivity index (χ4n) is 2.62. The van der Waals surface area contributed by atoms with Crippen molar-refractivity contribution in [2.45, 2.75) is 17.5 Å². The predicted octanol–water partition coefficient (Wildman–Crippen LogP) is 2.58. The lowest BCUT2D eigenvalue weighted by molar-refractivity contribution is -0.138. The molecule has 1 aliphatic heterocycles. The molecule has 142 valence electrons. The zero-order valence-electron chi connectivity index (χ0n) is 13.7. The number of carbonyl (C=O) groups is 1. The maximum Gasteiger partial charge on any atom is 0.416 e. The minimum Gasteiger partial charge on any atom is -0.349 e. The van der Waals surface area contributed by atoms with E-state index < -0.39 is 33.5 Å². The molecule has 3 rings (SSSR count). The van der Waals surface area contributed by atoms with E-state index >= 15 is 0 Å². The molecule has 0 spiro atoms. The monoisotopic (exact) mass is 397 g/mol. The Hall–Kier alpha value is -2.88. The molecule has 0 aliphatic carbocycles. The number of amides is 1. The van der Waals surface area contributed by atoms with E-state index in [0.29, 0.717) is 0 Å². The smallest absolute Gasteiger partial charge is 0.349 e. The Morgan fingerprint density at radius 1 is 1.07 bits per heavy atom. The van der Waals surface area contributed by atoms with Gasteiger partial charge in [-0.3, -0.25) is 4.79 Å². The van der Waals surface area contributed by atoms with Gasteiger partial charge in [0.1, 0.15) is 4.90 Å². The molecule has 0 radical (unpaired) electrons. The van der Waals surface area contributed by atoms with Gasteiger partial charge in [0.25, 0.3) is 15.9 Å². The van der Waals surface area contributed by atoms with Crippen LogP contribution in [0.3, 0.4) is 0 Å². The SMILES string of the molecule is O=C(NCCc1ccccc1C(F)(F)F)C1=NS(=O)(=O)c2ccccc2N1. The summed E-state index contributed by atoms with van der Waals surface area (Å²) in [5.41, 5.74) is -0.536. The molecule has 0 atom stereocenters. The van der Waals surface area contributed by atoms with Crippen molar-refractivity contribution in [2.75, 3.05) is 11.9 Å². The highest BCUT2D eigenvalue weighted by atomic mass is 32.2. The van der Waals surface area contributed by atoms with Crippen molar-refractivity contribution >= 4 is 27.5 Å². The number of alkyl halides is 3. The van der Waals surface area contributed by atoms with Crippen LogP contribution in [0.15, 0.2) is 57.8 Å². The lowest BCUT2D eigenvalue weighted by Gasteiger charge is -2.17. The van der Waals surface area contributed by atoms with Crippen LogP contribution in [-0.4, -0.2) is 26.7 Å². The van der Waals surface area contributed by atoms with E-state index in [1.54, 1.807) is 6.07 Å². The normalized spacial score (nSPS) is 15.3. The summed E-state index contributed by atoms with van der Waals surface area (Å²) in [5, 5.41) is 5.00. The van der Waals surface area contributed by atoms with Crippen LogP contribution in [0.2, 0.25) is 0 Å². The molecule has 0 saturated heterocycles. The summed E-state index contributed by atoms with van der Waals surface area (Å²) >= 11 is 0. The molecule has 0 unspecified atom stereocenters. The molecule has 2 aromatic carbocycles. The van der Waals surface area contributed by atoms with Crippen LogP contribution < -0.4 is 10.6 Å². The first-order chi connectivity index (χ1) is 12.7. The van der Waals surface area contributed by atoms with E-state index in [1.165, 1.54) is 36.4 Å². The van der Waals surface area contributed by atoms with Gasteiger partial charge >= 0.3 is 6.18 Å². The summed E-state index contributed by atoms with van der Waals surface area (Å²) in [4.78, 5) is 12.1. The second kappa shape index (κ2) is 7.03. The fraction of sp³-hybridized carbons (Fsp3) is 0.176. The van der Waals surface area contributed by atoms with Gasteiger partial charge < -0.3 is 10.6 Å². The van der Waals surface area contributed by atoms with Crippen molar-refractivity contribution in [2.24, 2.45) is 4.40 Å². The van der Waals surface area contributed by atoms with Gasteiger partial charge in [-0.2, -0.15) is 21.6 Å². The lowest BCUT2D eigenvalue weighted by Crippen LogP contribution is -2.39. The summed E-state index contributed by atoms with van der Waals surface area (Å²) in [6.07, 6.45) is -4.56. The Bertz CT molecular complexity index is 1020. The average molecular weight is 397 g/mol. The zero-order valence-corrected chi connectivity index (χ0v) is 14.6. The number of nitrogens with zero attached hydrogens (tertiary/aromatic N) is 1. The van der Waals surface area contributed by atoms with Crippen molar-refractivity contribution in [1.82, 2.24) is 5.32 Å². The van der Waals surface area contributed by atoms with Crippen molar-refractivity contribution in [3.05, 3.63) is 59.7 Å². The van der Waals surface area contributed by atoms with E-state index in [0.717, 1.165) is 6.07 Å². The number of halogens is 3. The first-order valence-electron chi connectivity index (χ1n) is 7.83. The standard InChI is InChI=1S/C17H14F3N3O3S/c18-17(19,20)12-6-2-1-5-11(12)9-10-21-16(24)15-22-13-7-3-4-8-14(13)27(25,26)23-15/h1-8H,9-10H2,(H,21,24)(H,22,23). The molecule has 0 bridgehead atoms. The number of rotatable bonds is 4. The van der Waals surface area contributed by atoms with Crippen LogP contribution in [-0.2, 0) is 27.4 Å². The molecule has 2 aromatic rings. The Balaban J connectivity index is 1.69. The second-order valence-electron chi connectivity index (χ2n) is 5.70. The number of nitrogens with one attached hydrogen (secondary N) is 2. The van der Waals surface area contributed by atoms with Crippen molar-refractivity contribution in [3.8, 4) is 0 Å². The van der Waals surface area contributed by atoms with Gasteiger partial charge in [-0.15, -0.1) is 4.40 Å². The van der Waals surface area contributed by atoms with E-state index in [4.69, 9.17) is 0 Å². The summed E-state index contributed by atoms with van der Waals surface area (Å²) in [5.74, 6) is -1.25. The number of hydrogen-bond donors (Lipinski definition) is 2. The number of sulfonamides is 1. The summed E-state index contributed by atoms with van der Waals surface area (Å²) in [7, 11) is -4.02. The van der Waals surface area contributed by atoms with Crippen LogP contribution >= 0.6 is 0 Å². The van der Waals surface area contributed by atoms with Gasteiger partial charge in [-0.1, -0.05) is 30.3 Å². The molecular formula is C17H14F3N3O3S. The highest BCUT2D eigenvalue weighted by molar-refractivity contribution is 7.90. The largest absolute Gasteiger partial charge is 0.416 e. The summed E-state index contributed by atoms with van der Waals surface area (Å²) in [6, 6.07) is 11.0. The molecule has 0 aromatic heterocycles. The Morgan fingerprint density at radius 3 is 2.48 bits per heavy atom. The summed E-state index contributed by atoms with van der Waals surface area (Å²) in [6.45, 7) is -0.117. The van der Waals surface area contributed by atoms with Gasteiger partial charge in [0.05, 0.1) is 11.3 Å². The van der Waals surface area contributed by atoms with Crippen LogP contribution in [0, 0.1) is 0 Å². The maximum atomic E-state index is 13.0. The van der Waals surface area contributed by atoms with Crippen molar-refractivity contribution in [1.29, 1.82) is 0 Å². The number of benzene rings is 2. The average Bonchev–Trinajstić information content (AvgIpc) is 2.60. The Labute approximate surface area is 153 Å². The minimum absolute atomic E-state index is 0.0295. The van der Waals surface area contributed by atoms with E-state index in [1.807, 2.05) is 0 Å². The van der Waals surface area contributed by atoms with E-state index in [9.17, 15) is 26.4 Å². The highest BCUT2D eigenvalue weighted by Crippen LogP contribution is 2.32. The maximum absolute atomic E-state index is 13.0. The van der Waals surface area contributed by atoms with Crippen LogP contribution in [0.5, 0.6) is 0 Å². The lowest BCUT2D eigenvalue weighted by atomic mass is 10.0. The van der Waals surface area contributed by atoms with Crippen LogP contribution in [0.25, 0.3) is 0 Å². The number of carbonyl (C=O) groups excluding carboxylic acids is 1. The number of para-hydroxylation sites is 1. The van der Waals surface area contributed by atoms with Gasteiger partial charge in [-0.05, 0) is 30.2 Å². The highest BCUT2D eigenvalue weighted by Gasteiger charge is 2.33. The second-order valence-corrected chi connectivity index (χ2v) is 7.27. The van der Waals surface area contributed by atoms with Gasteiger partial charge in [0.2, 0.25) is 5.84 Å². The molecule has 1 aliphatic rings. The third-order valence-electron chi connectivity index (χ3n) is 3.85. The number of amidine groups is 1. The zero-order chi connectivity index (χ0) is 19.7. The topological polar surface area (TPSA) is 87.6 Å². The first-order valence-corrected chi connectivity index (χ1v) is 9.27. The van der Waals surface area contributed by atoms with Crippen LogP contribution in [0.4, 0.5) is 18.9 Å². The van der Waals surface area contributed by atoms with E-state index in [2.05, 4.69) is 15.0 Å². The number of anilines is 1. The predicted molar refractivity (Wildman–Crippen MR) is 92.8 cm³/mol. The summed E-state index contributed by atoms with van der Waals surface area (Å²) < 4.78 is 66.5. The molecular weight excluding hydrogens is 383 g/mol. The third-order valence-corrected chi connectivity index (χ3v) is 5.18. The molecule has 1 heterocycles. The molecule has 0 fully saturated rings. The number of hydrogen-bond acceptors (Lipinski definition) is 4. The van der Waals surface area contributed by atoms with Gasteiger partial charge in [0.15, 0.2) is 0 Å². The Kier molecular flexibility index (Phi) is 4.92. The minimum atomic E-state index is -4.49. The molecule has 10 heteroatoms. The number of fused-ring (bicyclic) bond motifs is 1. The molecule has 1 amide bonds. The quantitative estimate of drug-likeness (QED) is 0.830. The molecule has 6 nitrogen and oxygen atoms in total. The molecule has 27 heavy (non-hydrogen) atoms. The van der Waals surface area contributed by atoms with Crippen molar-refractivity contribution in [3.63, 3.8) is 0 Å². The molecule has 2 N–H and O–H groups in total. The fourth-order valence-corrected chi connectivity index (χ4v) is 3.74. The van der Waals surface area contributed by atoms with E-state index in [-0.39, 0.29) is 29.1 Å². The first kappa shape index (κ1) is 18.9. The third kappa shape index (κ3) is 4.11. The van der Waals surface area contributed by atoms with Gasteiger partial charge in [-0.25, -0.2) is 0 Å². The Morgan fingerprint density at radius 2 is 1.74 bits per heavy atom. The van der Waals surface area contributed by atoms with Gasteiger partial charge in [0, 0.05) is 6.54 Å². The molecule has 0 saturated carbocycles. The van der Waals surface area contributed by atoms with Crippen LogP contribution in [0.1, 0.15) is 11.1 Å².